The van der Waals surface area contributed by atoms with E-state index < -0.39 is 0 Å². The maximum Gasteiger partial charge on any atom is 0.255 e. The van der Waals surface area contributed by atoms with Gasteiger partial charge in [0.1, 0.15) is 0 Å². The smallest absolute Gasteiger partial charge is 0.255 e. The third-order valence-corrected chi connectivity index (χ3v) is 5.07. The van der Waals surface area contributed by atoms with Crippen LogP contribution in [0.5, 0.6) is 0 Å². The number of carbonyl (C=O) groups is 1. The molecule has 0 spiro atoms. The van der Waals surface area contributed by atoms with Gasteiger partial charge in [-0.25, -0.2) is 0 Å². The van der Waals surface area contributed by atoms with Crippen molar-refractivity contribution in [3.63, 3.8) is 0 Å². The highest BCUT2D eigenvalue weighted by Crippen LogP contribution is 2.36. The molecule has 0 radical (unpaired) electrons. The third-order valence-electron chi connectivity index (χ3n) is 4.01. The summed E-state index contributed by atoms with van der Waals surface area (Å²) in [6.45, 7) is 4.61. The van der Waals surface area contributed by atoms with Crippen molar-refractivity contribution >= 4 is 23.4 Å². The van der Waals surface area contributed by atoms with Gasteiger partial charge in [0, 0.05) is 31.6 Å². The van der Waals surface area contributed by atoms with E-state index in [9.17, 15) is 4.79 Å². The highest BCUT2D eigenvalue weighted by molar-refractivity contribution is 7.99. The van der Waals surface area contributed by atoms with Crippen molar-refractivity contribution < 1.29 is 4.79 Å². The first-order chi connectivity index (χ1) is 9.42. The van der Waals surface area contributed by atoms with Gasteiger partial charge < -0.3 is 10.2 Å². The Labute approximate surface area is 126 Å². The fourth-order valence-electron chi connectivity index (χ4n) is 2.40. The van der Waals surface area contributed by atoms with Crippen LogP contribution in [0.15, 0.2) is 24.3 Å². The van der Waals surface area contributed by atoms with Gasteiger partial charge in [0.2, 0.25) is 0 Å². The Hall–Kier alpha value is -1.16. The Morgan fingerprint density at radius 2 is 2.05 bits per heavy atom. The first-order valence-electron chi connectivity index (χ1n) is 7.07. The van der Waals surface area contributed by atoms with Crippen LogP contribution >= 0.6 is 11.8 Å². The second-order valence-electron chi connectivity index (χ2n) is 6.26. The molecule has 1 aliphatic heterocycles. The molecule has 0 saturated carbocycles. The van der Waals surface area contributed by atoms with Crippen LogP contribution in [-0.4, -0.2) is 42.4 Å². The highest BCUT2D eigenvalue weighted by atomic mass is 32.2. The molecule has 1 unspecified atom stereocenters. The molecule has 1 heterocycles. The number of carbonyl (C=O) groups excluding carboxylic acids is 1. The number of rotatable bonds is 3. The molecule has 110 valence electrons. The largest absolute Gasteiger partial charge is 0.380 e. The normalized spacial score (nSPS) is 21.3. The minimum absolute atomic E-state index is 0.0503. The lowest BCUT2D eigenvalue weighted by Gasteiger charge is -2.39. The summed E-state index contributed by atoms with van der Waals surface area (Å²) >= 11 is 1.99. The van der Waals surface area contributed by atoms with Crippen LogP contribution in [0, 0.1) is 5.41 Å². The molecule has 1 atom stereocenters. The van der Waals surface area contributed by atoms with Gasteiger partial charge in [0.25, 0.3) is 5.91 Å². The predicted molar refractivity (Wildman–Crippen MR) is 87.6 cm³/mol. The van der Waals surface area contributed by atoms with Gasteiger partial charge in [-0.2, -0.15) is 11.8 Å². The molecule has 0 aliphatic carbocycles. The van der Waals surface area contributed by atoms with E-state index in [1.165, 1.54) is 12.2 Å². The van der Waals surface area contributed by atoms with E-state index in [0.717, 1.165) is 17.0 Å². The Morgan fingerprint density at radius 3 is 2.70 bits per heavy atom. The lowest BCUT2D eigenvalue weighted by molar-refractivity contribution is 0.0828. The minimum atomic E-state index is 0.0503. The van der Waals surface area contributed by atoms with Crippen molar-refractivity contribution in [2.45, 2.75) is 26.3 Å². The summed E-state index contributed by atoms with van der Waals surface area (Å²) < 4.78 is 0. The number of para-hydroxylation sites is 1. The van der Waals surface area contributed by atoms with Crippen molar-refractivity contribution in [3.05, 3.63) is 29.8 Å². The first kappa shape index (κ1) is 15.2. The Kier molecular flexibility index (Phi) is 4.63. The maximum atomic E-state index is 12.2. The van der Waals surface area contributed by atoms with Crippen LogP contribution in [0.2, 0.25) is 0 Å². The van der Waals surface area contributed by atoms with Gasteiger partial charge in [-0.05, 0) is 29.7 Å². The fraction of sp³-hybridized carbons (Fsp3) is 0.562. The average molecular weight is 292 g/mol. The van der Waals surface area contributed by atoms with E-state index >= 15 is 0 Å². The van der Waals surface area contributed by atoms with E-state index in [1.54, 1.807) is 19.0 Å². The summed E-state index contributed by atoms with van der Waals surface area (Å²) in [6, 6.07) is 8.21. The Morgan fingerprint density at radius 1 is 1.35 bits per heavy atom. The number of thioether (sulfide) groups is 1. The molecule has 1 aliphatic rings. The van der Waals surface area contributed by atoms with E-state index in [1.807, 2.05) is 36.0 Å². The molecule has 1 aromatic rings. The van der Waals surface area contributed by atoms with Crippen LogP contribution in [0.1, 0.15) is 30.6 Å². The maximum absolute atomic E-state index is 12.2. The van der Waals surface area contributed by atoms with Crippen LogP contribution in [-0.2, 0) is 0 Å². The standard InChI is InChI=1S/C16H24N2OS/c1-16(2)9-10-20-11-14(16)17-13-8-6-5-7-12(13)15(19)18(3)4/h5-8,14,17H,9-11H2,1-4H3. The van der Waals surface area contributed by atoms with Gasteiger partial charge >= 0.3 is 0 Å². The number of hydrogen-bond donors (Lipinski definition) is 1. The first-order valence-corrected chi connectivity index (χ1v) is 8.22. The van der Waals surface area contributed by atoms with Crippen LogP contribution < -0.4 is 5.32 Å². The summed E-state index contributed by atoms with van der Waals surface area (Å²) in [6.07, 6.45) is 1.21. The van der Waals surface area contributed by atoms with Gasteiger partial charge in [-0.15, -0.1) is 0 Å². The quantitative estimate of drug-likeness (QED) is 0.927. The monoisotopic (exact) mass is 292 g/mol. The molecule has 1 fully saturated rings. The molecule has 1 amide bonds. The van der Waals surface area contributed by atoms with Gasteiger partial charge in [0.15, 0.2) is 0 Å². The minimum Gasteiger partial charge on any atom is -0.380 e. The number of benzene rings is 1. The van der Waals surface area contributed by atoms with Crippen LogP contribution in [0.4, 0.5) is 5.69 Å². The number of hydrogen-bond acceptors (Lipinski definition) is 3. The molecule has 0 bridgehead atoms. The summed E-state index contributed by atoms with van der Waals surface area (Å²) in [5.41, 5.74) is 1.97. The zero-order valence-electron chi connectivity index (χ0n) is 12.8. The number of amides is 1. The average Bonchev–Trinajstić information content (AvgIpc) is 2.41. The van der Waals surface area contributed by atoms with Gasteiger partial charge in [-0.1, -0.05) is 26.0 Å². The zero-order valence-corrected chi connectivity index (χ0v) is 13.6. The SMILES string of the molecule is CN(C)C(=O)c1ccccc1NC1CSCCC1(C)C. The zero-order chi connectivity index (χ0) is 14.8. The molecule has 1 N–H and O–H groups in total. The van der Waals surface area contributed by atoms with Crippen molar-refractivity contribution in [1.82, 2.24) is 4.90 Å². The molecule has 1 saturated heterocycles. The predicted octanol–water partition coefficient (Wildman–Crippen LogP) is 3.33. The summed E-state index contributed by atoms with van der Waals surface area (Å²) in [5, 5.41) is 3.61. The summed E-state index contributed by atoms with van der Waals surface area (Å²) in [5.74, 6) is 2.37. The second kappa shape index (κ2) is 6.08. The number of nitrogens with one attached hydrogen (secondary N) is 1. The molecule has 4 heteroatoms. The van der Waals surface area contributed by atoms with Crippen molar-refractivity contribution in [2.24, 2.45) is 5.41 Å². The number of anilines is 1. The molecule has 20 heavy (non-hydrogen) atoms. The lowest BCUT2D eigenvalue weighted by atomic mass is 9.82. The fourth-order valence-corrected chi connectivity index (χ4v) is 4.00. The summed E-state index contributed by atoms with van der Waals surface area (Å²) in [4.78, 5) is 13.9. The highest BCUT2D eigenvalue weighted by Gasteiger charge is 2.33. The lowest BCUT2D eigenvalue weighted by Crippen LogP contribution is -2.42. The molecule has 0 aromatic heterocycles. The van der Waals surface area contributed by atoms with E-state index in [2.05, 4.69) is 19.2 Å². The van der Waals surface area contributed by atoms with Crippen molar-refractivity contribution in [3.8, 4) is 0 Å². The van der Waals surface area contributed by atoms with Crippen molar-refractivity contribution in [1.29, 1.82) is 0 Å². The van der Waals surface area contributed by atoms with Crippen LogP contribution in [0.3, 0.4) is 0 Å². The molecular formula is C16H24N2OS. The topological polar surface area (TPSA) is 32.3 Å². The molecule has 3 nitrogen and oxygen atoms in total. The van der Waals surface area contributed by atoms with E-state index in [-0.39, 0.29) is 11.3 Å². The summed E-state index contributed by atoms with van der Waals surface area (Å²) in [7, 11) is 3.58. The van der Waals surface area contributed by atoms with Crippen LogP contribution in [0.25, 0.3) is 0 Å². The third kappa shape index (κ3) is 3.29. The van der Waals surface area contributed by atoms with Crippen molar-refractivity contribution in [2.75, 3.05) is 30.9 Å². The van der Waals surface area contributed by atoms with E-state index in [4.69, 9.17) is 0 Å². The Balaban J connectivity index is 2.23. The Bertz CT molecular complexity index is 485. The molecule has 1 aromatic carbocycles. The molecule has 2 rings (SSSR count). The van der Waals surface area contributed by atoms with Gasteiger partial charge in [-0.3, -0.25) is 4.79 Å². The second-order valence-corrected chi connectivity index (χ2v) is 7.41. The number of nitrogens with zero attached hydrogens (tertiary/aromatic N) is 1. The molecular weight excluding hydrogens is 268 g/mol. The van der Waals surface area contributed by atoms with E-state index in [0.29, 0.717) is 6.04 Å². The van der Waals surface area contributed by atoms with Gasteiger partial charge in [0.05, 0.1) is 5.56 Å².